The van der Waals surface area contributed by atoms with Crippen LogP contribution in [0.2, 0.25) is 0 Å². The van der Waals surface area contributed by atoms with Crippen LogP contribution in [0.15, 0.2) is 23.8 Å². The van der Waals surface area contributed by atoms with Gasteiger partial charge in [-0.3, -0.25) is 0 Å². The predicted octanol–water partition coefficient (Wildman–Crippen LogP) is 1.60. The third kappa shape index (κ3) is 2.07. The van der Waals surface area contributed by atoms with Crippen LogP contribution in [0, 0.1) is 0 Å². The maximum Gasteiger partial charge on any atom is 0.0396 e. The lowest BCUT2D eigenvalue weighted by Crippen LogP contribution is -2.03. The first-order valence-corrected chi connectivity index (χ1v) is 3.54. The monoisotopic (exact) mass is 129 g/mol. The van der Waals surface area contributed by atoms with Crippen LogP contribution in [-0.4, -0.2) is 13.3 Å². The zero-order chi connectivity index (χ0) is 6.57. The molecule has 8 heavy (non-hydrogen) atoms. The quantitative estimate of drug-likeness (QED) is 0.581. The van der Waals surface area contributed by atoms with Gasteiger partial charge in [0.25, 0.3) is 0 Å². The van der Waals surface area contributed by atoms with E-state index >= 15 is 0 Å². The lowest BCUT2D eigenvalue weighted by atomic mass is 10.5. The van der Waals surface area contributed by atoms with Gasteiger partial charge in [-0.05, 0) is 6.26 Å². The van der Waals surface area contributed by atoms with Gasteiger partial charge in [0, 0.05) is 17.6 Å². The smallest absolute Gasteiger partial charge is 0.0396 e. The number of hydrogen-bond acceptors (Lipinski definition) is 2. The summed E-state index contributed by atoms with van der Waals surface area (Å²) in [7, 11) is 1.84. The molecule has 0 aliphatic heterocycles. The Morgan fingerprint density at radius 1 is 1.50 bits per heavy atom. The van der Waals surface area contributed by atoms with E-state index in [0.29, 0.717) is 0 Å². The normalized spacial score (nSPS) is 8.25. The van der Waals surface area contributed by atoms with E-state index in [4.69, 9.17) is 0 Å². The van der Waals surface area contributed by atoms with Crippen LogP contribution in [0.25, 0.3) is 0 Å². The summed E-state index contributed by atoms with van der Waals surface area (Å²) in [6.45, 7) is 7.46. The topological polar surface area (TPSA) is 12.0 Å². The highest BCUT2D eigenvalue weighted by molar-refractivity contribution is 8.02. The van der Waals surface area contributed by atoms with Crippen LogP contribution in [0.3, 0.4) is 0 Å². The van der Waals surface area contributed by atoms with Crippen LogP contribution in [0.5, 0.6) is 0 Å². The van der Waals surface area contributed by atoms with Crippen LogP contribution < -0.4 is 5.32 Å². The van der Waals surface area contributed by atoms with E-state index in [1.807, 2.05) is 13.3 Å². The molecule has 2 heteroatoms. The Hall–Kier alpha value is -0.370. The van der Waals surface area contributed by atoms with Gasteiger partial charge < -0.3 is 5.32 Å². The molecule has 0 radical (unpaired) electrons. The molecular weight excluding hydrogens is 118 g/mol. The molecule has 0 heterocycles. The highest BCUT2D eigenvalue weighted by Crippen LogP contribution is 2.13. The lowest BCUT2D eigenvalue weighted by Gasteiger charge is -2.02. The van der Waals surface area contributed by atoms with E-state index in [2.05, 4.69) is 18.5 Å². The zero-order valence-corrected chi connectivity index (χ0v) is 6.14. The van der Waals surface area contributed by atoms with E-state index in [0.717, 1.165) is 10.6 Å². The number of likely N-dealkylation sites (N-methyl/N-ethyl adjacent to an activating group) is 1. The highest BCUT2D eigenvalue weighted by Gasteiger charge is 1.90. The standard InChI is InChI=1S/C6H11NS/c1-5(7-3)6(2)8-4/h7H,1-2H2,3-4H3. The van der Waals surface area contributed by atoms with Crippen molar-refractivity contribution < 1.29 is 0 Å². The Bertz CT molecular complexity index is 93.1. The SMILES string of the molecule is C=C(NC)C(=C)SC. The maximum atomic E-state index is 3.74. The first-order chi connectivity index (χ1) is 3.72. The minimum atomic E-state index is 0.900. The van der Waals surface area contributed by atoms with E-state index < -0.39 is 0 Å². The van der Waals surface area contributed by atoms with Gasteiger partial charge in [-0.15, -0.1) is 11.8 Å². The van der Waals surface area contributed by atoms with Crippen molar-refractivity contribution in [2.45, 2.75) is 0 Å². The molecule has 1 nitrogen and oxygen atoms in total. The van der Waals surface area contributed by atoms with Crippen molar-refractivity contribution in [2.24, 2.45) is 0 Å². The summed E-state index contributed by atoms with van der Waals surface area (Å²) in [5.74, 6) is 0. The Balaban J connectivity index is 3.64. The van der Waals surface area contributed by atoms with Gasteiger partial charge in [-0.25, -0.2) is 0 Å². The molecule has 0 aromatic rings. The van der Waals surface area contributed by atoms with Crippen molar-refractivity contribution in [3.63, 3.8) is 0 Å². The van der Waals surface area contributed by atoms with E-state index in [-0.39, 0.29) is 0 Å². The highest BCUT2D eigenvalue weighted by atomic mass is 32.2. The molecule has 0 saturated carbocycles. The Morgan fingerprint density at radius 2 is 2.00 bits per heavy atom. The van der Waals surface area contributed by atoms with E-state index in [1.165, 1.54) is 0 Å². The first kappa shape index (κ1) is 7.63. The molecule has 0 aliphatic rings. The lowest BCUT2D eigenvalue weighted by molar-refractivity contribution is 1.04. The van der Waals surface area contributed by atoms with Gasteiger partial charge in [0.05, 0.1) is 0 Å². The predicted molar refractivity (Wildman–Crippen MR) is 40.9 cm³/mol. The number of thioether (sulfide) groups is 1. The molecule has 0 saturated heterocycles. The second-order valence-electron chi connectivity index (χ2n) is 1.36. The fourth-order valence-electron chi connectivity index (χ4n) is 0.263. The van der Waals surface area contributed by atoms with Crippen molar-refractivity contribution in [1.82, 2.24) is 5.32 Å². The number of rotatable bonds is 3. The van der Waals surface area contributed by atoms with Gasteiger partial charge >= 0.3 is 0 Å². The molecule has 46 valence electrons. The average molecular weight is 129 g/mol. The third-order valence-corrected chi connectivity index (χ3v) is 1.62. The molecule has 0 bridgehead atoms. The fourth-order valence-corrected chi connectivity index (χ4v) is 0.611. The van der Waals surface area contributed by atoms with E-state index in [9.17, 15) is 0 Å². The van der Waals surface area contributed by atoms with Gasteiger partial charge in [0.1, 0.15) is 0 Å². The minimum absolute atomic E-state index is 0.900. The maximum absolute atomic E-state index is 3.74. The summed E-state index contributed by atoms with van der Waals surface area (Å²) in [6, 6.07) is 0. The van der Waals surface area contributed by atoms with Gasteiger partial charge in [-0.2, -0.15) is 0 Å². The first-order valence-electron chi connectivity index (χ1n) is 2.32. The summed E-state index contributed by atoms with van der Waals surface area (Å²) in [5.41, 5.74) is 0.900. The van der Waals surface area contributed by atoms with Gasteiger partial charge in [0.15, 0.2) is 0 Å². The second-order valence-corrected chi connectivity index (χ2v) is 2.26. The van der Waals surface area contributed by atoms with Crippen molar-refractivity contribution >= 4 is 11.8 Å². The van der Waals surface area contributed by atoms with Crippen molar-refractivity contribution in [2.75, 3.05) is 13.3 Å². The molecule has 0 rings (SSSR count). The largest absolute Gasteiger partial charge is 0.388 e. The molecule has 0 aromatic carbocycles. The molecule has 0 fully saturated rings. The summed E-state index contributed by atoms with van der Waals surface area (Å²) in [5, 5.41) is 2.90. The van der Waals surface area contributed by atoms with E-state index in [1.54, 1.807) is 11.8 Å². The van der Waals surface area contributed by atoms with Crippen LogP contribution >= 0.6 is 11.8 Å². The molecule has 0 atom stereocenters. The molecule has 0 spiro atoms. The number of nitrogens with one attached hydrogen (secondary N) is 1. The van der Waals surface area contributed by atoms with Crippen LogP contribution in [-0.2, 0) is 0 Å². The number of hydrogen-bond donors (Lipinski definition) is 1. The average Bonchev–Trinajstić information content (AvgIpc) is 1.84. The summed E-state index contributed by atoms with van der Waals surface area (Å²) < 4.78 is 0. The Morgan fingerprint density at radius 3 is 2.12 bits per heavy atom. The molecule has 0 aromatic heterocycles. The van der Waals surface area contributed by atoms with Gasteiger partial charge in [-0.1, -0.05) is 13.2 Å². The zero-order valence-electron chi connectivity index (χ0n) is 5.32. The van der Waals surface area contributed by atoms with Crippen LogP contribution in [0.4, 0.5) is 0 Å². The molecular formula is C6H11NS. The molecule has 1 N–H and O–H groups in total. The van der Waals surface area contributed by atoms with Gasteiger partial charge in [0.2, 0.25) is 0 Å². The van der Waals surface area contributed by atoms with Crippen LogP contribution in [0.1, 0.15) is 0 Å². The Kier molecular flexibility index (Phi) is 3.44. The molecule has 0 amide bonds. The third-order valence-electron chi connectivity index (χ3n) is 0.885. The fraction of sp³-hybridized carbons (Fsp3) is 0.333. The molecule has 0 aliphatic carbocycles. The molecule has 0 unspecified atom stereocenters. The summed E-state index contributed by atoms with van der Waals surface area (Å²) in [6.07, 6.45) is 1.98. The summed E-state index contributed by atoms with van der Waals surface area (Å²) >= 11 is 1.60. The van der Waals surface area contributed by atoms with Crippen molar-refractivity contribution in [3.8, 4) is 0 Å². The minimum Gasteiger partial charge on any atom is -0.388 e. The van der Waals surface area contributed by atoms with Crippen molar-refractivity contribution in [1.29, 1.82) is 0 Å². The summed E-state index contributed by atoms with van der Waals surface area (Å²) in [4.78, 5) is 0.993. The van der Waals surface area contributed by atoms with Crippen molar-refractivity contribution in [3.05, 3.63) is 23.8 Å². The second kappa shape index (κ2) is 3.61. The Labute approximate surface area is 54.9 Å².